The van der Waals surface area contributed by atoms with E-state index in [0.29, 0.717) is 16.5 Å². The number of nitro benzene ring substituents is 2. The van der Waals surface area contributed by atoms with Crippen LogP contribution in [0.1, 0.15) is 11.1 Å². The van der Waals surface area contributed by atoms with Crippen molar-refractivity contribution in [1.82, 2.24) is 0 Å². The molecule has 0 bridgehead atoms. The molecule has 0 amide bonds. The molecule has 0 aliphatic rings. The lowest BCUT2D eigenvalue weighted by atomic mass is 10.2. The molecule has 1 N–H and O–H groups in total. The van der Waals surface area contributed by atoms with Gasteiger partial charge in [-0.2, -0.15) is 0 Å². The molecule has 0 fully saturated rings. The number of aromatic hydroxyl groups is 1. The predicted molar refractivity (Wildman–Crippen MR) is 148 cm³/mol. The fourth-order valence-corrected chi connectivity index (χ4v) is 3.57. The first kappa shape index (κ1) is 31.4. The van der Waals surface area contributed by atoms with Gasteiger partial charge in [-0.25, -0.2) is 8.78 Å². The molecule has 8 nitrogen and oxygen atoms in total. The molecule has 0 unspecified atom stereocenters. The normalized spacial score (nSPS) is 9.87. The van der Waals surface area contributed by atoms with E-state index in [0.717, 1.165) is 6.07 Å². The SMILES string of the molecule is Fc1ccccc1CBr.O=[N+]([O-])c1ccc(O)c(Cl)c1.O=[N+]([O-])c1ccc(OCc2ccccc2F)c(Cl)c1. The number of phenolic OH excluding ortho intramolecular Hbond substituents is 1. The summed E-state index contributed by atoms with van der Waals surface area (Å²) in [7, 11) is 0. The number of hydrogen-bond acceptors (Lipinski definition) is 6. The van der Waals surface area contributed by atoms with Crippen LogP contribution in [0.15, 0.2) is 84.9 Å². The Labute approximate surface area is 239 Å². The van der Waals surface area contributed by atoms with Crippen LogP contribution in [-0.4, -0.2) is 15.0 Å². The highest BCUT2D eigenvalue weighted by atomic mass is 79.9. The first-order valence-corrected chi connectivity index (χ1v) is 12.6. The predicted octanol–water partition coefficient (Wildman–Crippen LogP) is 8.64. The summed E-state index contributed by atoms with van der Waals surface area (Å²) in [5.74, 6) is -0.400. The number of halogens is 5. The largest absolute Gasteiger partial charge is 0.506 e. The second-order valence-electron chi connectivity index (χ2n) is 7.37. The van der Waals surface area contributed by atoms with Crippen molar-refractivity contribution < 1.29 is 28.5 Å². The van der Waals surface area contributed by atoms with Gasteiger partial charge in [0.1, 0.15) is 29.7 Å². The van der Waals surface area contributed by atoms with E-state index in [4.69, 9.17) is 33.0 Å². The summed E-state index contributed by atoms with van der Waals surface area (Å²) < 4.78 is 31.3. The van der Waals surface area contributed by atoms with Gasteiger partial charge in [-0.3, -0.25) is 20.2 Å². The van der Waals surface area contributed by atoms with Gasteiger partial charge in [0.25, 0.3) is 11.4 Å². The highest BCUT2D eigenvalue weighted by Gasteiger charge is 2.11. The third kappa shape index (κ3) is 10.1. The van der Waals surface area contributed by atoms with E-state index in [9.17, 15) is 29.0 Å². The molecule has 0 atom stereocenters. The molecular weight excluding hydrogens is 625 g/mol. The highest BCUT2D eigenvalue weighted by molar-refractivity contribution is 9.08. The minimum atomic E-state index is -0.578. The minimum Gasteiger partial charge on any atom is -0.506 e. The zero-order chi connectivity index (χ0) is 28.9. The molecule has 39 heavy (non-hydrogen) atoms. The van der Waals surface area contributed by atoms with Crippen molar-refractivity contribution in [3.8, 4) is 11.5 Å². The van der Waals surface area contributed by atoms with E-state index >= 15 is 0 Å². The fourth-order valence-electron chi connectivity index (χ4n) is 2.71. The number of hydrogen-bond donors (Lipinski definition) is 1. The van der Waals surface area contributed by atoms with Crippen molar-refractivity contribution in [3.63, 3.8) is 0 Å². The molecule has 0 aliphatic carbocycles. The summed E-state index contributed by atoms with van der Waals surface area (Å²) in [5.41, 5.74) is 0.838. The number of rotatable bonds is 6. The fraction of sp³-hybridized carbons (Fsp3) is 0.0769. The Balaban J connectivity index is 0.000000226. The van der Waals surface area contributed by atoms with Gasteiger partial charge < -0.3 is 9.84 Å². The molecule has 0 aromatic heterocycles. The van der Waals surface area contributed by atoms with E-state index in [1.807, 2.05) is 6.07 Å². The van der Waals surface area contributed by atoms with Crippen LogP contribution in [0.5, 0.6) is 11.5 Å². The van der Waals surface area contributed by atoms with Crippen molar-refractivity contribution in [1.29, 1.82) is 0 Å². The molecule has 4 aromatic carbocycles. The minimum absolute atomic E-state index is 0.00417. The topological polar surface area (TPSA) is 116 Å². The Morgan fingerprint density at radius 2 is 1.26 bits per heavy atom. The van der Waals surface area contributed by atoms with Crippen LogP contribution in [0, 0.1) is 31.9 Å². The third-order valence-electron chi connectivity index (χ3n) is 4.71. The van der Waals surface area contributed by atoms with Crippen molar-refractivity contribution in [2.45, 2.75) is 11.9 Å². The standard InChI is InChI=1S/C13H9ClFNO3.C7H6BrF.C6H4ClNO3/c14-11-7-10(16(17)18)5-6-13(11)19-8-9-3-1-2-4-12(9)15;8-5-6-3-1-2-4-7(6)9;7-5-3-4(8(10)11)1-2-6(5)9/h1-7H,8H2;1-4H,5H2;1-3,9H. The van der Waals surface area contributed by atoms with Gasteiger partial charge in [0.15, 0.2) is 0 Å². The molecule has 0 saturated carbocycles. The first-order valence-electron chi connectivity index (χ1n) is 10.8. The van der Waals surface area contributed by atoms with Crippen molar-refractivity contribution in [3.05, 3.63) is 138 Å². The smallest absolute Gasteiger partial charge is 0.271 e. The number of benzene rings is 4. The number of nitro groups is 2. The van der Waals surface area contributed by atoms with E-state index in [1.54, 1.807) is 30.3 Å². The van der Waals surface area contributed by atoms with Gasteiger partial charge >= 0.3 is 0 Å². The molecule has 0 radical (unpaired) electrons. The van der Waals surface area contributed by atoms with Crippen LogP contribution in [-0.2, 0) is 11.9 Å². The molecule has 0 spiro atoms. The molecule has 204 valence electrons. The van der Waals surface area contributed by atoms with Crippen LogP contribution < -0.4 is 4.74 Å². The monoisotopic (exact) mass is 642 g/mol. The Kier molecular flexibility index (Phi) is 12.5. The molecule has 4 aromatic rings. The third-order valence-corrected chi connectivity index (χ3v) is 5.91. The molecule has 4 rings (SSSR count). The summed E-state index contributed by atoms with van der Waals surface area (Å²) >= 11 is 14.4. The Hall–Kier alpha value is -3.80. The number of alkyl halides is 1. The van der Waals surface area contributed by atoms with Gasteiger partial charge in [-0.05, 0) is 29.8 Å². The van der Waals surface area contributed by atoms with Crippen LogP contribution in [0.3, 0.4) is 0 Å². The zero-order valence-corrected chi connectivity index (χ0v) is 22.9. The van der Waals surface area contributed by atoms with Crippen molar-refractivity contribution in [2.24, 2.45) is 0 Å². The van der Waals surface area contributed by atoms with E-state index in [-0.39, 0.29) is 51.2 Å². The number of nitrogens with zero attached hydrogens (tertiary/aromatic N) is 2. The summed E-state index contributed by atoms with van der Waals surface area (Å²) in [6.07, 6.45) is 0. The lowest BCUT2D eigenvalue weighted by Crippen LogP contribution is -1.99. The van der Waals surface area contributed by atoms with E-state index in [2.05, 4.69) is 15.9 Å². The summed E-state index contributed by atoms with van der Waals surface area (Å²) in [6.45, 7) is 0.00417. The summed E-state index contributed by atoms with van der Waals surface area (Å²) in [4.78, 5) is 19.5. The van der Waals surface area contributed by atoms with Gasteiger partial charge in [-0.1, -0.05) is 75.5 Å². The van der Waals surface area contributed by atoms with Gasteiger partial charge in [0.05, 0.1) is 19.9 Å². The zero-order valence-electron chi connectivity index (χ0n) is 19.8. The molecule has 0 heterocycles. The molecule has 13 heteroatoms. The van der Waals surface area contributed by atoms with Gasteiger partial charge in [-0.15, -0.1) is 0 Å². The number of non-ortho nitro benzene ring substituents is 2. The quantitative estimate of drug-likeness (QED) is 0.128. The van der Waals surface area contributed by atoms with Gasteiger partial charge in [0.2, 0.25) is 0 Å². The van der Waals surface area contributed by atoms with Crippen LogP contribution in [0.2, 0.25) is 10.0 Å². The number of ether oxygens (including phenoxy) is 1. The van der Waals surface area contributed by atoms with Crippen molar-refractivity contribution in [2.75, 3.05) is 0 Å². The van der Waals surface area contributed by atoms with E-state index < -0.39 is 9.85 Å². The lowest BCUT2D eigenvalue weighted by Gasteiger charge is -2.08. The molecular formula is C26H19BrCl2F2N2O6. The Morgan fingerprint density at radius 1 is 0.769 bits per heavy atom. The van der Waals surface area contributed by atoms with Crippen LogP contribution in [0.25, 0.3) is 0 Å². The Morgan fingerprint density at radius 3 is 1.69 bits per heavy atom. The second kappa shape index (κ2) is 15.6. The molecule has 0 saturated heterocycles. The van der Waals surface area contributed by atoms with Crippen LogP contribution in [0.4, 0.5) is 20.2 Å². The van der Waals surface area contributed by atoms with Gasteiger partial charge in [0, 0.05) is 35.2 Å². The highest BCUT2D eigenvalue weighted by Crippen LogP contribution is 2.29. The maximum absolute atomic E-state index is 13.4. The summed E-state index contributed by atoms with van der Waals surface area (Å²) in [6, 6.07) is 20.2. The maximum Gasteiger partial charge on any atom is 0.271 e. The second-order valence-corrected chi connectivity index (χ2v) is 8.74. The van der Waals surface area contributed by atoms with Crippen LogP contribution >= 0.6 is 39.1 Å². The number of phenols is 1. The maximum atomic E-state index is 13.4. The van der Waals surface area contributed by atoms with Crippen molar-refractivity contribution >= 4 is 50.5 Å². The summed E-state index contributed by atoms with van der Waals surface area (Å²) in [5, 5.41) is 30.2. The lowest BCUT2D eigenvalue weighted by molar-refractivity contribution is -0.385. The molecule has 0 aliphatic heterocycles. The Bertz CT molecular complexity index is 1450. The van der Waals surface area contributed by atoms with E-state index in [1.165, 1.54) is 42.5 Å². The first-order chi connectivity index (χ1) is 18.5. The average molecular weight is 644 g/mol. The average Bonchev–Trinajstić information content (AvgIpc) is 2.91.